The molecule has 19 heavy (non-hydrogen) atoms. The van der Waals surface area contributed by atoms with Gasteiger partial charge in [0, 0.05) is 17.9 Å². The van der Waals surface area contributed by atoms with E-state index in [0.717, 1.165) is 49.2 Å². The van der Waals surface area contributed by atoms with E-state index < -0.39 is 0 Å². The predicted octanol–water partition coefficient (Wildman–Crippen LogP) is 2.36. The lowest BCUT2D eigenvalue weighted by molar-refractivity contribution is -0.142. The number of carbonyl (C=O) groups excluding carboxylic acids is 1. The van der Waals surface area contributed by atoms with Gasteiger partial charge in [0.25, 0.3) is 0 Å². The first kappa shape index (κ1) is 13.7. The average molecular weight is 262 g/mol. The van der Waals surface area contributed by atoms with Crippen LogP contribution in [0.25, 0.3) is 0 Å². The monoisotopic (exact) mass is 262 g/mol. The van der Waals surface area contributed by atoms with Gasteiger partial charge in [0.1, 0.15) is 6.54 Å². The summed E-state index contributed by atoms with van der Waals surface area (Å²) < 4.78 is 5.22. The number of anilines is 2. The summed E-state index contributed by atoms with van der Waals surface area (Å²) in [5.41, 5.74) is 9.05. The van der Waals surface area contributed by atoms with Crippen molar-refractivity contribution in [2.24, 2.45) is 0 Å². The van der Waals surface area contributed by atoms with Gasteiger partial charge in [-0.2, -0.15) is 0 Å². The highest BCUT2D eigenvalue weighted by Crippen LogP contribution is 2.30. The van der Waals surface area contributed by atoms with Gasteiger partial charge in [0.15, 0.2) is 0 Å². The highest BCUT2D eigenvalue weighted by Gasteiger charge is 2.20. The second-order valence-electron chi connectivity index (χ2n) is 4.94. The molecule has 0 aliphatic carbocycles. The zero-order chi connectivity index (χ0) is 13.7. The van der Waals surface area contributed by atoms with E-state index in [1.807, 2.05) is 18.2 Å². The highest BCUT2D eigenvalue weighted by atomic mass is 16.5. The summed E-state index contributed by atoms with van der Waals surface area (Å²) in [4.78, 5) is 13.9. The summed E-state index contributed by atoms with van der Waals surface area (Å²) in [7, 11) is 0. The predicted molar refractivity (Wildman–Crippen MR) is 77.3 cm³/mol. The zero-order valence-electron chi connectivity index (χ0n) is 11.5. The third kappa shape index (κ3) is 3.40. The molecule has 0 spiro atoms. The summed E-state index contributed by atoms with van der Waals surface area (Å²) >= 11 is 0. The first-order valence-electron chi connectivity index (χ1n) is 7.00. The number of unbranched alkanes of at least 4 members (excludes halogenated alkanes) is 1. The van der Waals surface area contributed by atoms with Crippen LogP contribution in [0.5, 0.6) is 0 Å². The van der Waals surface area contributed by atoms with Crippen molar-refractivity contribution >= 4 is 17.3 Å². The molecule has 1 aromatic carbocycles. The van der Waals surface area contributed by atoms with Crippen LogP contribution < -0.4 is 10.6 Å². The Labute approximate surface area is 114 Å². The Hall–Kier alpha value is -1.71. The minimum atomic E-state index is -0.149. The summed E-state index contributed by atoms with van der Waals surface area (Å²) in [6.45, 7) is 3.81. The third-order valence-electron chi connectivity index (χ3n) is 3.46. The van der Waals surface area contributed by atoms with Crippen molar-refractivity contribution in [3.05, 3.63) is 23.8 Å². The summed E-state index contributed by atoms with van der Waals surface area (Å²) in [5, 5.41) is 0. The Morgan fingerprint density at radius 2 is 2.32 bits per heavy atom. The Balaban J connectivity index is 1.99. The van der Waals surface area contributed by atoms with E-state index in [4.69, 9.17) is 10.5 Å². The van der Waals surface area contributed by atoms with Crippen molar-refractivity contribution in [1.29, 1.82) is 0 Å². The van der Waals surface area contributed by atoms with Crippen molar-refractivity contribution in [1.82, 2.24) is 0 Å². The molecule has 2 rings (SSSR count). The lowest BCUT2D eigenvalue weighted by atomic mass is 10.00. The first-order chi connectivity index (χ1) is 9.22. The van der Waals surface area contributed by atoms with Gasteiger partial charge in [-0.05, 0) is 37.0 Å². The zero-order valence-corrected chi connectivity index (χ0v) is 11.5. The molecule has 0 unspecified atom stereocenters. The maximum absolute atomic E-state index is 11.8. The Kier molecular flexibility index (Phi) is 4.66. The topological polar surface area (TPSA) is 55.6 Å². The van der Waals surface area contributed by atoms with Gasteiger partial charge >= 0.3 is 5.97 Å². The number of fused-ring (bicyclic) bond motifs is 1. The van der Waals surface area contributed by atoms with E-state index in [9.17, 15) is 4.79 Å². The molecule has 0 fully saturated rings. The molecule has 2 N–H and O–H groups in total. The van der Waals surface area contributed by atoms with Gasteiger partial charge in [-0.25, -0.2) is 0 Å². The van der Waals surface area contributed by atoms with Crippen molar-refractivity contribution in [3.63, 3.8) is 0 Å². The van der Waals surface area contributed by atoms with E-state index in [2.05, 4.69) is 11.8 Å². The van der Waals surface area contributed by atoms with Gasteiger partial charge in [-0.3, -0.25) is 4.79 Å². The van der Waals surface area contributed by atoms with Crippen LogP contribution in [-0.2, 0) is 16.0 Å². The van der Waals surface area contributed by atoms with Crippen molar-refractivity contribution in [2.45, 2.75) is 32.6 Å². The second kappa shape index (κ2) is 6.45. The number of nitrogens with two attached hydrogens (primary N) is 1. The molecule has 0 aromatic heterocycles. The number of esters is 1. The molecule has 1 aliphatic heterocycles. The maximum atomic E-state index is 11.8. The maximum Gasteiger partial charge on any atom is 0.325 e. The fourth-order valence-electron chi connectivity index (χ4n) is 2.42. The lowest BCUT2D eigenvalue weighted by Crippen LogP contribution is -2.35. The molecule has 1 aromatic rings. The fourth-order valence-corrected chi connectivity index (χ4v) is 2.42. The van der Waals surface area contributed by atoms with E-state index in [0.29, 0.717) is 13.2 Å². The minimum Gasteiger partial charge on any atom is -0.464 e. The molecule has 1 aliphatic rings. The van der Waals surface area contributed by atoms with Gasteiger partial charge < -0.3 is 15.4 Å². The van der Waals surface area contributed by atoms with Gasteiger partial charge in [-0.15, -0.1) is 0 Å². The second-order valence-corrected chi connectivity index (χ2v) is 4.94. The van der Waals surface area contributed by atoms with Crippen LogP contribution in [-0.4, -0.2) is 25.7 Å². The Bertz CT molecular complexity index is 446. The van der Waals surface area contributed by atoms with Crippen molar-refractivity contribution in [3.8, 4) is 0 Å². The van der Waals surface area contributed by atoms with Crippen LogP contribution in [0.4, 0.5) is 11.4 Å². The molecular formula is C15H22N2O2. The quantitative estimate of drug-likeness (QED) is 0.503. The SMILES string of the molecule is CCCCOC(=O)CN1CCCc2c(N)cccc21. The van der Waals surface area contributed by atoms with Crippen LogP contribution in [0.3, 0.4) is 0 Å². The first-order valence-corrected chi connectivity index (χ1v) is 7.00. The summed E-state index contributed by atoms with van der Waals surface area (Å²) in [5.74, 6) is -0.149. The van der Waals surface area contributed by atoms with Crippen LogP contribution in [0.2, 0.25) is 0 Å². The molecule has 0 amide bonds. The molecule has 104 valence electrons. The van der Waals surface area contributed by atoms with Crippen molar-refractivity contribution in [2.75, 3.05) is 30.3 Å². The van der Waals surface area contributed by atoms with Crippen LogP contribution in [0, 0.1) is 0 Å². The van der Waals surface area contributed by atoms with E-state index >= 15 is 0 Å². The molecule has 0 bridgehead atoms. The molecule has 0 atom stereocenters. The minimum absolute atomic E-state index is 0.149. The number of benzene rings is 1. The highest BCUT2D eigenvalue weighted by molar-refractivity contribution is 5.78. The molecule has 0 saturated carbocycles. The fraction of sp³-hybridized carbons (Fsp3) is 0.533. The Morgan fingerprint density at radius 1 is 1.47 bits per heavy atom. The van der Waals surface area contributed by atoms with Crippen LogP contribution in [0.15, 0.2) is 18.2 Å². The number of carbonyl (C=O) groups is 1. The van der Waals surface area contributed by atoms with Crippen molar-refractivity contribution < 1.29 is 9.53 Å². The van der Waals surface area contributed by atoms with E-state index in [-0.39, 0.29) is 5.97 Å². The molecular weight excluding hydrogens is 240 g/mol. The standard InChI is InChI=1S/C15H22N2O2/c1-2-3-10-19-15(18)11-17-9-5-6-12-13(16)7-4-8-14(12)17/h4,7-8H,2-3,5-6,9-11,16H2,1H3. The molecule has 4 nitrogen and oxygen atoms in total. The van der Waals surface area contributed by atoms with Gasteiger partial charge in [0.2, 0.25) is 0 Å². The largest absolute Gasteiger partial charge is 0.464 e. The number of hydrogen-bond acceptors (Lipinski definition) is 4. The third-order valence-corrected chi connectivity index (χ3v) is 3.46. The van der Waals surface area contributed by atoms with E-state index in [1.54, 1.807) is 0 Å². The van der Waals surface area contributed by atoms with Crippen LogP contribution >= 0.6 is 0 Å². The molecule has 1 heterocycles. The number of nitrogens with zero attached hydrogens (tertiary/aromatic N) is 1. The molecule has 4 heteroatoms. The summed E-state index contributed by atoms with van der Waals surface area (Å²) in [6, 6.07) is 5.89. The number of ether oxygens (including phenoxy) is 1. The number of rotatable bonds is 5. The van der Waals surface area contributed by atoms with Gasteiger partial charge in [-0.1, -0.05) is 19.4 Å². The summed E-state index contributed by atoms with van der Waals surface area (Å²) in [6.07, 6.45) is 3.98. The molecule has 0 saturated heterocycles. The average Bonchev–Trinajstić information content (AvgIpc) is 2.40. The molecule has 0 radical (unpaired) electrons. The lowest BCUT2D eigenvalue weighted by Gasteiger charge is -2.31. The normalized spacial score (nSPS) is 14.1. The number of nitrogen functional groups attached to an aromatic ring is 1. The van der Waals surface area contributed by atoms with E-state index in [1.165, 1.54) is 0 Å². The number of hydrogen-bond donors (Lipinski definition) is 1. The smallest absolute Gasteiger partial charge is 0.325 e. The van der Waals surface area contributed by atoms with Gasteiger partial charge in [0.05, 0.1) is 6.61 Å². The van der Waals surface area contributed by atoms with Crippen LogP contribution in [0.1, 0.15) is 31.7 Å². The Morgan fingerprint density at radius 3 is 3.11 bits per heavy atom.